The van der Waals surface area contributed by atoms with Crippen LogP contribution in [0.25, 0.3) is 0 Å². The molecule has 4 heteroatoms. The van der Waals surface area contributed by atoms with Gasteiger partial charge in [0.1, 0.15) is 5.69 Å². The van der Waals surface area contributed by atoms with Crippen LogP contribution in [0, 0.1) is 5.92 Å². The minimum atomic E-state index is -0.0206. The third-order valence-electron chi connectivity index (χ3n) is 2.58. The van der Waals surface area contributed by atoms with Crippen molar-refractivity contribution in [3.63, 3.8) is 0 Å². The third-order valence-corrected chi connectivity index (χ3v) is 3.04. The largest absolute Gasteiger partial charge is 0.340 e. The second kappa shape index (κ2) is 5.99. The maximum Gasteiger partial charge on any atom is 0.272 e. The van der Waals surface area contributed by atoms with Crippen molar-refractivity contribution >= 4 is 21.8 Å². The number of hydrogen-bond donors (Lipinski definition) is 0. The van der Waals surface area contributed by atoms with E-state index in [0.717, 1.165) is 17.4 Å². The highest BCUT2D eigenvalue weighted by atomic mass is 79.9. The van der Waals surface area contributed by atoms with Gasteiger partial charge in [0.15, 0.2) is 0 Å². The van der Waals surface area contributed by atoms with E-state index in [-0.39, 0.29) is 5.91 Å². The van der Waals surface area contributed by atoms with Crippen LogP contribution in [0.15, 0.2) is 22.8 Å². The summed E-state index contributed by atoms with van der Waals surface area (Å²) in [7, 11) is 1.82. The summed E-state index contributed by atoms with van der Waals surface area (Å²) in [4.78, 5) is 17.8. The molecule has 88 valence electrons. The van der Waals surface area contributed by atoms with Crippen molar-refractivity contribution in [3.05, 3.63) is 28.5 Å². The average molecular weight is 285 g/mol. The Labute approximate surface area is 105 Å². The van der Waals surface area contributed by atoms with Crippen molar-refractivity contribution in [2.45, 2.75) is 20.3 Å². The lowest BCUT2D eigenvalue weighted by molar-refractivity contribution is 0.0769. The summed E-state index contributed by atoms with van der Waals surface area (Å²) >= 11 is 3.30. The molecule has 1 heterocycles. The molecule has 1 amide bonds. The Hall–Kier alpha value is -0.900. The Bertz CT molecular complexity index is 351. The molecular weight excluding hydrogens is 268 g/mol. The van der Waals surface area contributed by atoms with Gasteiger partial charge in [0.05, 0.1) is 0 Å². The van der Waals surface area contributed by atoms with E-state index >= 15 is 0 Å². The zero-order chi connectivity index (χ0) is 12.1. The van der Waals surface area contributed by atoms with Crippen molar-refractivity contribution in [2.75, 3.05) is 13.6 Å². The number of aromatic nitrogens is 1. The molecule has 0 fully saturated rings. The monoisotopic (exact) mass is 284 g/mol. The SMILES string of the molecule is CCC(C)CN(C)C(=O)c1ccc(Br)cn1. The highest BCUT2D eigenvalue weighted by molar-refractivity contribution is 9.10. The average Bonchev–Trinajstić information content (AvgIpc) is 2.28. The van der Waals surface area contributed by atoms with E-state index in [4.69, 9.17) is 0 Å². The molecule has 3 nitrogen and oxygen atoms in total. The van der Waals surface area contributed by atoms with E-state index in [2.05, 4.69) is 34.8 Å². The van der Waals surface area contributed by atoms with Crippen LogP contribution in [-0.4, -0.2) is 29.4 Å². The Morgan fingerprint density at radius 2 is 2.25 bits per heavy atom. The van der Waals surface area contributed by atoms with Crippen molar-refractivity contribution in [3.8, 4) is 0 Å². The van der Waals surface area contributed by atoms with Crippen LogP contribution in [0.5, 0.6) is 0 Å². The number of amides is 1. The predicted octanol–water partition coefficient (Wildman–Crippen LogP) is 2.96. The number of halogens is 1. The molecule has 0 aromatic carbocycles. The number of carbonyl (C=O) groups excluding carboxylic acids is 1. The molecule has 1 aromatic heterocycles. The molecule has 1 atom stereocenters. The zero-order valence-electron chi connectivity index (χ0n) is 9.90. The summed E-state index contributed by atoms with van der Waals surface area (Å²) in [6, 6.07) is 3.57. The van der Waals surface area contributed by atoms with E-state index in [1.807, 2.05) is 13.1 Å². The fourth-order valence-corrected chi connectivity index (χ4v) is 1.61. The maximum absolute atomic E-state index is 12.0. The van der Waals surface area contributed by atoms with Gasteiger partial charge in [-0.05, 0) is 34.0 Å². The highest BCUT2D eigenvalue weighted by Gasteiger charge is 2.14. The maximum atomic E-state index is 12.0. The van der Waals surface area contributed by atoms with Crippen LogP contribution >= 0.6 is 15.9 Å². The van der Waals surface area contributed by atoms with Gasteiger partial charge in [-0.3, -0.25) is 4.79 Å². The molecule has 1 aromatic rings. The number of hydrogen-bond acceptors (Lipinski definition) is 2. The van der Waals surface area contributed by atoms with E-state index in [9.17, 15) is 4.79 Å². The number of rotatable bonds is 4. The summed E-state index contributed by atoms with van der Waals surface area (Å²) in [5.41, 5.74) is 0.494. The van der Waals surface area contributed by atoms with Crippen LogP contribution in [0.3, 0.4) is 0 Å². The lowest BCUT2D eigenvalue weighted by Gasteiger charge is -2.20. The molecule has 0 aliphatic rings. The fourth-order valence-electron chi connectivity index (χ4n) is 1.38. The Balaban J connectivity index is 2.67. The second-order valence-electron chi connectivity index (χ2n) is 4.06. The summed E-state index contributed by atoms with van der Waals surface area (Å²) in [5, 5.41) is 0. The van der Waals surface area contributed by atoms with Crippen LogP contribution in [0.2, 0.25) is 0 Å². The molecule has 0 saturated heterocycles. The van der Waals surface area contributed by atoms with E-state index in [1.165, 1.54) is 0 Å². The van der Waals surface area contributed by atoms with Gasteiger partial charge in [-0.1, -0.05) is 20.3 Å². The van der Waals surface area contributed by atoms with Crippen molar-refractivity contribution in [1.29, 1.82) is 0 Å². The smallest absolute Gasteiger partial charge is 0.272 e. The lowest BCUT2D eigenvalue weighted by atomic mass is 10.1. The molecule has 0 bridgehead atoms. The van der Waals surface area contributed by atoms with Gasteiger partial charge in [-0.15, -0.1) is 0 Å². The fraction of sp³-hybridized carbons (Fsp3) is 0.500. The van der Waals surface area contributed by atoms with Crippen LogP contribution in [0.1, 0.15) is 30.8 Å². The quantitative estimate of drug-likeness (QED) is 0.852. The Morgan fingerprint density at radius 1 is 1.56 bits per heavy atom. The molecular formula is C12H17BrN2O. The molecule has 1 rings (SSSR count). The molecule has 0 N–H and O–H groups in total. The zero-order valence-corrected chi connectivity index (χ0v) is 11.5. The molecule has 0 aliphatic heterocycles. The van der Waals surface area contributed by atoms with Gasteiger partial charge in [0.25, 0.3) is 5.91 Å². The van der Waals surface area contributed by atoms with E-state index in [1.54, 1.807) is 17.2 Å². The summed E-state index contributed by atoms with van der Waals surface area (Å²) in [5.74, 6) is 0.497. The molecule has 0 spiro atoms. The van der Waals surface area contributed by atoms with Gasteiger partial charge < -0.3 is 4.90 Å². The molecule has 0 radical (unpaired) electrons. The third kappa shape index (κ3) is 3.59. The number of pyridine rings is 1. The van der Waals surface area contributed by atoms with Crippen molar-refractivity contribution < 1.29 is 4.79 Å². The van der Waals surface area contributed by atoms with Crippen molar-refractivity contribution in [2.24, 2.45) is 5.92 Å². The van der Waals surface area contributed by atoms with E-state index in [0.29, 0.717) is 11.6 Å². The first kappa shape index (κ1) is 13.2. The summed E-state index contributed by atoms with van der Waals surface area (Å²) in [6.45, 7) is 5.03. The van der Waals surface area contributed by atoms with Crippen LogP contribution in [0.4, 0.5) is 0 Å². The van der Waals surface area contributed by atoms with Gasteiger partial charge in [-0.2, -0.15) is 0 Å². The van der Waals surface area contributed by atoms with Gasteiger partial charge in [-0.25, -0.2) is 4.98 Å². The molecule has 0 aliphatic carbocycles. The normalized spacial score (nSPS) is 12.2. The molecule has 0 saturated carbocycles. The minimum Gasteiger partial charge on any atom is -0.340 e. The standard InChI is InChI=1S/C12H17BrN2O/c1-4-9(2)8-15(3)12(16)11-6-5-10(13)7-14-11/h5-7,9H,4,8H2,1-3H3. The van der Waals surface area contributed by atoms with Gasteiger partial charge in [0.2, 0.25) is 0 Å². The van der Waals surface area contributed by atoms with Gasteiger partial charge in [0, 0.05) is 24.3 Å². The summed E-state index contributed by atoms with van der Waals surface area (Å²) < 4.78 is 0.883. The molecule has 16 heavy (non-hydrogen) atoms. The Morgan fingerprint density at radius 3 is 2.75 bits per heavy atom. The Kier molecular flexibility index (Phi) is 4.93. The number of carbonyl (C=O) groups is 1. The molecule has 1 unspecified atom stereocenters. The highest BCUT2D eigenvalue weighted by Crippen LogP contribution is 2.10. The minimum absolute atomic E-state index is 0.0206. The van der Waals surface area contributed by atoms with Crippen LogP contribution < -0.4 is 0 Å². The topological polar surface area (TPSA) is 33.2 Å². The first-order valence-electron chi connectivity index (χ1n) is 5.41. The first-order chi connectivity index (χ1) is 7.54. The number of nitrogens with zero attached hydrogens (tertiary/aromatic N) is 2. The lowest BCUT2D eigenvalue weighted by Crippen LogP contribution is -2.31. The summed E-state index contributed by atoms with van der Waals surface area (Å²) in [6.07, 6.45) is 2.72. The first-order valence-corrected chi connectivity index (χ1v) is 6.21. The second-order valence-corrected chi connectivity index (χ2v) is 4.98. The van der Waals surface area contributed by atoms with Crippen molar-refractivity contribution in [1.82, 2.24) is 9.88 Å². The van der Waals surface area contributed by atoms with Crippen LogP contribution in [-0.2, 0) is 0 Å². The predicted molar refractivity (Wildman–Crippen MR) is 68.4 cm³/mol. The van der Waals surface area contributed by atoms with Gasteiger partial charge >= 0.3 is 0 Å². The van der Waals surface area contributed by atoms with E-state index < -0.39 is 0 Å².